The van der Waals surface area contributed by atoms with Crippen LogP contribution in [0.3, 0.4) is 0 Å². The molecule has 28 heavy (non-hydrogen) atoms. The molecule has 1 aliphatic heterocycles. The number of amides is 2. The first-order chi connectivity index (χ1) is 13.4. The second-order valence-electron chi connectivity index (χ2n) is 6.14. The zero-order valence-electron chi connectivity index (χ0n) is 15.3. The predicted octanol–water partition coefficient (Wildman–Crippen LogP) is 3.21. The van der Waals surface area contributed by atoms with Crippen molar-refractivity contribution in [3.05, 3.63) is 63.8 Å². The first-order valence-corrected chi connectivity index (χ1v) is 9.19. The number of aliphatic hydroxyl groups is 1. The van der Waals surface area contributed by atoms with Crippen molar-refractivity contribution in [1.29, 1.82) is 0 Å². The molecular formula is C20H18Cl2N2O4. The minimum atomic E-state index is -0.532. The van der Waals surface area contributed by atoms with Crippen molar-refractivity contribution in [2.45, 2.75) is 0 Å². The molecule has 0 aromatic heterocycles. The van der Waals surface area contributed by atoms with Gasteiger partial charge in [-0.3, -0.25) is 9.59 Å². The molecule has 6 nitrogen and oxygen atoms in total. The first kappa shape index (κ1) is 20.2. The summed E-state index contributed by atoms with van der Waals surface area (Å²) >= 11 is 12.3. The highest BCUT2D eigenvalue weighted by atomic mass is 35.5. The Hall–Kier alpha value is -2.54. The molecule has 2 amide bonds. The lowest BCUT2D eigenvalue weighted by molar-refractivity contribution is -0.120. The van der Waals surface area contributed by atoms with E-state index in [-0.39, 0.29) is 35.1 Å². The summed E-state index contributed by atoms with van der Waals surface area (Å²) in [7, 11) is 3.19. The fraction of sp³-hybridized carbons (Fsp3) is 0.200. The van der Waals surface area contributed by atoms with E-state index in [0.29, 0.717) is 16.3 Å². The molecule has 0 saturated carbocycles. The molecule has 0 spiro atoms. The summed E-state index contributed by atoms with van der Waals surface area (Å²) in [4.78, 5) is 29.0. The number of methoxy groups -OCH3 is 1. The van der Waals surface area contributed by atoms with Gasteiger partial charge in [0.1, 0.15) is 11.4 Å². The third kappa shape index (κ3) is 3.58. The third-order valence-corrected chi connectivity index (χ3v) is 4.96. The number of hydrogen-bond donors (Lipinski definition) is 1. The third-order valence-electron chi connectivity index (χ3n) is 4.40. The lowest BCUT2D eigenvalue weighted by atomic mass is 10.0. The van der Waals surface area contributed by atoms with Gasteiger partial charge >= 0.3 is 0 Å². The Bertz CT molecular complexity index is 957. The van der Waals surface area contributed by atoms with Crippen LogP contribution >= 0.6 is 23.2 Å². The van der Waals surface area contributed by atoms with E-state index < -0.39 is 11.8 Å². The van der Waals surface area contributed by atoms with Crippen LogP contribution in [-0.2, 0) is 9.59 Å². The molecule has 8 heteroatoms. The van der Waals surface area contributed by atoms with E-state index in [1.165, 1.54) is 12.1 Å². The van der Waals surface area contributed by atoms with E-state index in [1.807, 2.05) is 0 Å². The second-order valence-corrected chi connectivity index (χ2v) is 6.98. The molecule has 1 N–H and O–H groups in total. The summed E-state index contributed by atoms with van der Waals surface area (Å²) < 4.78 is 5.16. The van der Waals surface area contributed by atoms with Gasteiger partial charge in [-0.25, -0.2) is 4.90 Å². The van der Waals surface area contributed by atoms with Crippen LogP contribution in [0.2, 0.25) is 10.0 Å². The minimum absolute atomic E-state index is 0.171. The Labute approximate surface area is 172 Å². The van der Waals surface area contributed by atoms with E-state index in [4.69, 9.17) is 27.9 Å². The number of hydrogen-bond acceptors (Lipinski definition) is 5. The quantitative estimate of drug-likeness (QED) is 0.726. The number of aliphatic hydroxyl groups excluding tert-OH is 1. The van der Waals surface area contributed by atoms with Crippen molar-refractivity contribution < 1.29 is 19.4 Å². The highest BCUT2D eigenvalue weighted by Crippen LogP contribution is 2.38. The molecule has 0 unspecified atom stereocenters. The molecule has 2 aromatic carbocycles. The van der Waals surface area contributed by atoms with Gasteiger partial charge in [0, 0.05) is 18.6 Å². The standard InChI is InChI=1S/C20H18Cl2N2O4/c1-23(9-10-25)18-17(12-3-6-14(28-2)7-4-12)19(26)24(20(18)27)16-11-13(21)5-8-15(16)22/h3-8,11,25H,9-10H2,1-2H3. The van der Waals surface area contributed by atoms with Gasteiger partial charge in [-0.15, -0.1) is 0 Å². The normalized spacial score (nSPS) is 14.1. The number of rotatable bonds is 6. The van der Waals surface area contributed by atoms with Crippen LogP contribution in [0.5, 0.6) is 5.75 Å². The van der Waals surface area contributed by atoms with E-state index in [9.17, 15) is 14.7 Å². The molecule has 0 aliphatic carbocycles. The average Bonchev–Trinajstić information content (AvgIpc) is 2.94. The summed E-state index contributed by atoms with van der Waals surface area (Å²) in [5.74, 6) is -0.420. The van der Waals surface area contributed by atoms with Crippen molar-refractivity contribution in [3.8, 4) is 5.75 Å². The van der Waals surface area contributed by atoms with Gasteiger partial charge in [0.25, 0.3) is 11.8 Å². The van der Waals surface area contributed by atoms with E-state index >= 15 is 0 Å². The topological polar surface area (TPSA) is 70.1 Å². The molecule has 1 heterocycles. The molecule has 0 fully saturated rings. The van der Waals surface area contributed by atoms with Gasteiger partial charge in [-0.1, -0.05) is 35.3 Å². The van der Waals surface area contributed by atoms with Gasteiger partial charge in [-0.05, 0) is 35.9 Å². The Kier molecular flexibility index (Phi) is 5.93. The first-order valence-electron chi connectivity index (χ1n) is 8.43. The fourth-order valence-corrected chi connectivity index (χ4v) is 3.40. The molecule has 3 rings (SSSR count). The van der Waals surface area contributed by atoms with E-state index in [0.717, 1.165) is 4.90 Å². The van der Waals surface area contributed by atoms with Crippen LogP contribution in [0, 0.1) is 0 Å². The van der Waals surface area contributed by atoms with E-state index in [1.54, 1.807) is 49.4 Å². The molecule has 0 atom stereocenters. The number of halogens is 2. The van der Waals surface area contributed by atoms with Crippen LogP contribution in [0.25, 0.3) is 5.57 Å². The summed E-state index contributed by atoms with van der Waals surface area (Å²) in [5.41, 5.74) is 1.17. The predicted molar refractivity (Wildman–Crippen MR) is 109 cm³/mol. The Morgan fingerprint density at radius 1 is 1.07 bits per heavy atom. The molecule has 1 aliphatic rings. The number of anilines is 1. The van der Waals surface area contributed by atoms with Crippen LogP contribution in [0.4, 0.5) is 5.69 Å². The number of benzene rings is 2. The zero-order chi connectivity index (χ0) is 20.4. The Morgan fingerprint density at radius 2 is 1.75 bits per heavy atom. The summed E-state index contributed by atoms with van der Waals surface area (Å²) in [5, 5.41) is 9.89. The van der Waals surface area contributed by atoms with Crippen LogP contribution in [0.15, 0.2) is 48.2 Å². The molecule has 0 saturated heterocycles. The SMILES string of the molecule is COc1ccc(C2=C(N(C)CCO)C(=O)N(c3cc(Cl)ccc3Cl)C2=O)cc1. The van der Waals surface area contributed by atoms with Crippen LogP contribution < -0.4 is 9.64 Å². The Balaban J connectivity index is 2.15. The lowest BCUT2D eigenvalue weighted by Crippen LogP contribution is -2.35. The number of likely N-dealkylation sites (N-methyl/N-ethyl adjacent to an activating group) is 1. The molecule has 2 aromatic rings. The van der Waals surface area contributed by atoms with Gasteiger partial charge in [0.15, 0.2) is 0 Å². The van der Waals surface area contributed by atoms with Crippen LogP contribution in [0.1, 0.15) is 5.56 Å². The van der Waals surface area contributed by atoms with Crippen molar-refractivity contribution in [2.75, 3.05) is 32.2 Å². The maximum absolute atomic E-state index is 13.3. The monoisotopic (exact) mass is 420 g/mol. The lowest BCUT2D eigenvalue weighted by Gasteiger charge is -2.21. The van der Waals surface area contributed by atoms with E-state index in [2.05, 4.69) is 0 Å². The molecular weight excluding hydrogens is 403 g/mol. The largest absolute Gasteiger partial charge is 0.497 e. The maximum atomic E-state index is 13.3. The summed E-state index contributed by atoms with van der Waals surface area (Å²) in [6.45, 7) is 0.0143. The smallest absolute Gasteiger partial charge is 0.282 e. The number of carbonyl (C=O) groups excluding carboxylic acids is 2. The number of carbonyl (C=O) groups is 2. The van der Waals surface area contributed by atoms with Crippen molar-refractivity contribution >= 4 is 46.3 Å². The maximum Gasteiger partial charge on any atom is 0.282 e. The number of nitrogens with zero attached hydrogens (tertiary/aromatic N) is 2. The van der Waals surface area contributed by atoms with Crippen molar-refractivity contribution in [2.24, 2.45) is 0 Å². The van der Waals surface area contributed by atoms with Crippen molar-refractivity contribution in [3.63, 3.8) is 0 Å². The summed E-state index contributed by atoms with van der Waals surface area (Å²) in [6.07, 6.45) is 0. The van der Waals surface area contributed by atoms with Gasteiger partial charge in [0.05, 0.1) is 30.0 Å². The van der Waals surface area contributed by atoms with Crippen LogP contribution in [-0.4, -0.2) is 49.1 Å². The average molecular weight is 421 g/mol. The van der Waals surface area contributed by atoms with Gasteiger partial charge in [0.2, 0.25) is 0 Å². The minimum Gasteiger partial charge on any atom is -0.497 e. The van der Waals surface area contributed by atoms with Gasteiger partial charge < -0.3 is 14.7 Å². The second kappa shape index (κ2) is 8.22. The highest BCUT2D eigenvalue weighted by Gasteiger charge is 2.42. The summed E-state index contributed by atoms with van der Waals surface area (Å²) in [6, 6.07) is 11.4. The van der Waals surface area contributed by atoms with Gasteiger partial charge in [-0.2, -0.15) is 0 Å². The molecule has 146 valence electrons. The highest BCUT2D eigenvalue weighted by molar-refractivity contribution is 6.47. The fourth-order valence-electron chi connectivity index (χ4n) is 3.03. The Morgan fingerprint density at radius 3 is 2.36 bits per heavy atom. The number of imide groups is 1. The zero-order valence-corrected chi connectivity index (χ0v) is 16.8. The molecule has 0 radical (unpaired) electrons. The number of ether oxygens (including phenoxy) is 1. The van der Waals surface area contributed by atoms with Crippen molar-refractivity contribution in [1.82, 2.24) is 4.90 Å². The molecule has 0 bridgehead atoms.